The standard InChI is InChI=1S/C9H17N5O7S/c10-11-3-4-20-12-8(15)7-2-1-6-5-13(7)9(16)14(6)21-22(17,18)19/h6-7,11H,1-5,10H2,(H,12,15)(H,17,18,19)/t6-,7-/m0/s1. The van der Waals surface area contributed by atoms with Gasteiger partial charge >= 0.3 is 16.4 Å². The molecule has 0 aromatic carbocycles. The van der Waals surface area contributed by atoms with Gasteiger partial charge < -0.3 is 4.90 Å². The number of hydrogen-bond acceptors (Lipinski definition) is 8. The molecule has 126 valence electrons. The minimum absolute atomic E-state index is 0.122. The number of hydroxylamine groups is 3. The summed E-state index contributed by atoms with van der Waals surface area (Å²) in [6.07, 6.45) is 0.659. The van der Waals surface area contributed by atoms with E-state index in [9.17, 15) is 18.0 Å². The highest BCUT2D eigenvalue weighted by Crippen LogP contribution is 2.30. The highest BCUT2D eigenvalue weighted by Gasteiger charge is 2.49. The first-order valence-corrected chi connectivity index (χ1v) is 7.82. The van der Waals surface area contributed by atoms with Gasteiger partial charge in [-0.05, 0) is 12.8 Å². The van der Waals surface area contributed by atoms with Crippen LogP contribution in [0.25, 0.3) is 0 Å². The molecule has 0 aliphatic carbocycles. The van der Waals surface area contributed by atoms with Crippen molar-refractivity contribution < 1.29 is 31.7 Å². The molecule has 0 saturated carbocycles. The number of fused-ring (bicyclic) bond motifs is 2. The van der Waals surface area contributed by atoms with Crippen molar-refractivity contribution in [1.29, 1.82) is 0 Å². The molecule has 2 aliphatic heterocycles. The molecule has 0 unspecified atom stereocenters. The van der Waals surface area contributed by atoms with Crippen molar-refractivity contribution in [2.75, 3.05) is 19.7 Å². The zero-order valence-electron chi connectivity index (χ0n) is 11.5. The van der Waals surface area contributed by atoms with Gasteiger partial charge in [-0.1, -0.05) is 0 Å². The number of nitrogens with zero attached hydrogens (tertiary/aromatic N) is 2. The zero-order chi connectivity index (χ0) is 16.3. The van der Waals surface area contributed by atoms with Gasteiger partial charge in [-0.25, -0.2) is 10.3 Å². The summed E-state index contributed by atoms with van der Waals surface area (Å²) in [5, 5.41) is 0.571. The summed E-state index contributed by atoms with van der Waals surface area (Å²) in [6.45, 7) is 0.589. The molecule has 2 saturated heterocycles. The number of nitrogens with two attached hydrogens (primary N) is 1. The summed E-state index contributed by atoms with van der Waals surface area (Å²) in [4.78, 5) is 30.1. The van der Waals surface area contributed by atoms with Crippen LogP contribution >= 0.6 is 0 Å². The van der Waals surface area contributed by atoms with Crippen molar-refractivity contribution in [1.82, 2.24) is 20.9 Å². The molecule has 0 radical (unpaired) electrons. The van der Waals surface area contributed by atoms with Crippen LogP contribution in [0.2, 0.25) is 0 Å². The van der Waals surface area contributed by atoms with E-state index in [1.54, 1.807) is 0 Å². The molecular formula is C9H17N5O7S. The van der Waals surface area contributed by atoms with E-state index in [-0.39, 0.29) is 13.2 Å². The molecule has 5 N–H and O–H groups in total. The van der Waals surface area contributed by atoms with Gasteiger partial charge in [0.1, 0.15) is 6.04 Å². The van der Waals surface area contributed by atoms with Crippen LogP contribution in [0.3, 0.4) is 0 Å². The second-order valence-electron chi connectivity index (χ2n) is 4.78. The first kappa shape index (κ1) is 16.9. The summed E-state index contributed by atoms with van der Waals surface area (Å²) >= 11 is 0. The van der Waals surface area contributed by atoms with Gasteiger partial charge in [0.05, 0.1) is 12.6 Å². The van der Waals surface area contributed by atoms with Crippen LogP contribution in [-0.4, -0.2) is 66.7 Å². The smallest absolute Gasteiger partial charge is 0.309 e. The number of carbonyl (C=O) groups is 2. The molecule has 22 heavy (non-hydrogen) atoms. The van der Waals surface area contributed by atoms with Crippen LogP contribution < -0.4 is 16.7 Å². The highest BCUT2D eigenvalue weighted by atomic mass is 32.3. The van der Waals surface area contributed by atoms with Crippen molar-refractivity contribution in [2.45, 2.75) is 24.9 Å². The monoisotopic (exact) mass is 339 g/mol. The Morgan fingerprint density at radius 1 is 1.45 bits per heavy atom. The number of hydrazine groups is 1. The molecule has 2 atom stereocenters. The Balaban J connectivity index is 1.95. The largest absolute Gasteiger partial charge is 0.418 e. The normalized spacial score (nSPS) is 24.7. The van der Waals surface area contributed by atoms with Crippen molar-refractivity contribution in [3.63, 3.8) is 0 Å². The average molecular weight is 339 g/mol. The fourth-order valence-corrected chi connectivity index (χ4v) is 2.79. The highest BCUT2D eigenvalue weighted by molar-refractivity contribution is 7.80. The molecule has 2 fully saturated rings. The van der Waals surface area contributed by atoms with Crippen LogP contribution in [0, 0.1) is 0 Å². The molecular weight excluding hydrogens is 322 g/mol. The molecule has 2 bridgehead atoms. The number of urea groups is 1. The Morgan fingerprint density at radius 2 is 2.18 bits per heavy atom. The summed E-state index contributed by atoms with van der Waals surface area (Å²) in [7, 11) is -4.80. The van der Waals surface area contributed by atoms with Crippen molar-refractivity contribution in [3.8, 4) is 0 Å². The fraction of sp³-hybridized carbons (Fsp3) is 0.778. The Morgan fingerprint density at radius 3 is 2.82 bits per heavy atom. The SMILES string of the molecule is NNCCONC(=O)[C@@H]1CC[C@H]2CN1C(=O)N2OS(=O)(=O)O. The predicted octanol–water partition coefficient (Wildman–Crippen LogP) is -2.50. The first-order chi connectivity index (χ1) is 10.3. The Kier molecular flexibility index (Phi) is 5.15. The third-order valence-corrected chi connectivity index (χ3v) is 3.67. The molecule has 0 aromatic heterocycles. The Bertz CT molecular complexity index is 540. The van der Waals surface area contributed by atoms with Gasteiger partial charge in [0.15, 0.2) is 0 Å². The molecule has 13 heteroatoms. The molecule has 12 nitrogen and oxygen atoms in total. The van der Waals surface area contributed by atoms with E-state index in [0.29, 0.717) is 24.4 Å². The number of amides is 3. The second-order valence-corrected chi connectivity index (χ2v) is 5.78. The predicted molar refractivity (Wildman–Crippen MR) is 69.7 cm³/mol. The van der Waals surface area contributed by atoms with Crippen molar-refractivity contribution in [2.24, 2.45) is 5.84 Å². The minimum atomic E-state index is -4.80. The molecule has 2 rings (SSSR count). The van der Waals surface area contributed by atoms with Crippen LogP contribution in [0.15, 0.2) is 0 Å². The van der Waals surface area contributed by atoms with Crippen LogP contribution in [-0.2, 0) is 24.3 Å². The van der Waals surface area contributed by atoms with Crippen LogP contribution in [0.4, 0.5) is 4.79 Å². The molecule has 2 heterocycles. The Hall–Kier alpha value is -1.51. The fourth-order valence-electron chi connectivity index (χ4n) is 2.40. The van der Waals surface area contributed by atoms with Gasteiger partial charge in [0.2, 0.25) is 0 Å². The van der Waals surface area contributed by atoms with E-state index in [4.69, 9.17) is 15.2 Å². The lowest BCUT2D eigenvalue weighted by atomic mass is 10.0. The van der Waals surface area contributed by atoms with E-state index in [2.05, 4.69) is 15.2 Å². The third kappa shape index (κ3) is 3.82. The van der Waals surface area contributed by atoms with E-state index < -0.39 is 34.4 Å². The number of nitrogens with one attached hydrogen (secondary N) is 2. The lowest BCUT2D eigenvalue weighted by molar-refractivity contribution is -0.138. The minimum Gasteiger partial charge on any atom is -0.309 e. The maximum absolute atomic E-state index is 12.1. The summed E-state index contributed by atoms with van der Waals surface area (Å²) in [5.41, 5.74) is 4.54. The molecule has 0 aromatic rings. The second kappa shape index (κ2) is 6.72. The van der Waals surface area contributed by atoms with Crippen molar-refractivity contribution >= 4 is 22.3 Å². The maximum Gasteiger partial charge on any atom is 0.418 e. The number of hydrogen-bond donors (Lipinski definition) is 4. The number of rotatable bonds is 7. The van der Waals surface area contributed by atoms with Gasteiger partial charge in [0.25, 0.3) is 5.91 Å². The van der Waals surface area contributed by atoms with E-state index in [0.717, 1.165) is 0 Å². The summed E-state index contributed by atoms with van der Waals surface area (Å²) < 4.78 is 34.4. The quantitative estimate of drug-likeness (QED) is 0.170. The third-order valence-electron chi connectivity index (χ3n) is 3.32. The van der Waals surface area contributed by atoms with Gasteiger partial charge in [0, 0.05) is 13.1 Å². The average Bonchev–Trinajstić information content (AvgIpc) is 2.67. The number of carbonyl (C=O) groups excluding carboxylic acids is 2. The summed E-state index contributed by atoms with van der Waals surface area (Å²) in [6, 6.07) is -2.14. The maximum atomic E-state index is 12.1. The van der Waals surface area contributed by atoms with Gasteiger partial charge in [-0.2, -0.15) is 13.5 Å². The zero-order valence-corrected chi connectivity index (χ0v) is 12.3. The molecule has 2 aliphatic rings. The van der Waals surface area contributed by atoms with Crippen LogP contribution in [0.5, 0.6) is 0 Å². The first-order valence-electron chi connectivity index (χ1n) is 6.45. The van der Waals surface area contributed by atoms with E-state index in [1.165, 1.54) is 4.90 Å². The summed E-state index contributed by atoms with van der Waals surface area (Å²) in [5.74, 6) is 4.51. The van der Waals surface area contributed by atoms with Crippen LogP contribution in [0.1, 0.15) is 12.8 Å². The van der Waals surface area contributed by atoms with Crippen molar-refractivity contribution in [3.05, 3.63) is 0 Å². The lowest BCUT2D eigenvalue weighted by Crippen LogP contribution is -2.50. The lowest BCUT2D eigenvalue weighted by Gasteiger charge is -2.28. The molecule has 3 amide bonds. The van der Waals surface area contributed by atoms with E-state index >= 15 is 0 Å². The Labute approximate surface area is 126 Å². The molecule has 0 spiro atoms. The van der Waals surface area contributed by atoms with Gasteiger partial charge in [-0.3, -0.25) is 25.5 Å². The van der Waals surface area contributed by atoms with E-state index in [1.807, 2.05) is 0 Å². The topological polar surface area (TPSA) is 164 Å². The number of piperidine rings is 1. The van der Waals surface area contributed by atoms with Gasteiger partial charge in [-0.15, -0.1) is 4.28 Å².